The molecule has 0 aliphatic carbocycles. The van der Waals surface area contributed by atoms with Crippen molar-refractivity contribution in [1.82, 2.24) is 0 Å². The molecule has 2 rings (SSSR count). The van der Waals surface area contributed by atoms with Crippen LogP contribution in [0.3, 0.4) is 0 Å². The highest BCUT2D eigenvalue weighted by Gasteiger charge is 2.30. The van der Waals surface area contributed by atoms with Crippen LogP contribution in [0, 0.1) is 0 Å². The fourth-order valence-corrected chi connectivity index (χ4v) is 2.35. The number of anilines is 1. The predicted molar refractivity (Wildman–Crippen MR) is 84.1 cm³/mol. The van der Waals surface area contributed by atoms with Gasteiger partial charge in [0.15, 0.2) is 0 Å². The van der Waals surface area contributed by atoms with Crippen LogP contribution in [0.15, 0.2) is 61.2 Å². The van der Waals surface area contributed by atoms with Crippen molar-refractivity contribution < 1.29 is 13.2 Å². The van der Waals surface area contributed by atoms with Crippen molar-refractivity contribution in [2.75, 3.05) is 5.32 Å². The van der Waals surface area contributed by atoms with Gasteiger partial charge in [0.05, 0.1) is 11.6 Å². The topological polar surface area (TPSA) is 12.0 Å². The van der Waals surface area contributed by atoms with E-state index in [2.05, 4.69) is 11.9 Å². The third-order valence-corrected chi connectivity index (χ3v) is 3.42. The molecule has 1 atom stereocenters. The average Bonchev–Trinajstić information content (AvgIpc) is 2.46. The van der Waals surface area contributed by atoms with E-state index in [0.29, 0.717) is 17.1 Å². The third-order valence-electron chi connectivity index (χ3n) is 3.18. The Kier molecular flexibility index (Phi) is 5.14. The summed E-state index contributed by atoms with van der Waals surface area (Å²) in [7, 11) is 0. The van der Waals surface area contributed by atoms with Crippen LogP contribution >= 0.6 is 11.6 Å². The average molecular weight is 326 g/mol. The standard InChI is InChI=1S/C17H15ClF3N/c1-2-5-16(12-6-3-8-14(18)10-12)22-15-9-4-7-13(11-15)17(19,20)21/h2-4,6-11,16,22H,1,5H2. The Bertz CT molecular complexity index is 652. The molecule has 2 aromatic rings. The first kappa shape index (κ1) is 16.4. The van der Waals surface area contributed by atoms with Crippen molar-refractivity contribution in [3.63, 3.8) is 0 Å². The van der Waals surface area contributed by atoms with Crippen LogP contribution in [0.25, 0.3) is 0 Å². The largest absolute Gasteiger partial charge is 0.416 e. The second-order valence-electron chi connectivity index (χ2n) is 4.85. The van der Waals surface area contributed by atoms with Crippen LogP contribution in [-0.2, 0) is 6.18 Å². The van der Waals surface area contributed by atoms with Gasteiger partial charge in [0.2, 0.25) is 0 Å². The maximum absolute atomic E-state index is 12.8. The summed E-state index contributed by atoms with van der Waals surface area (Å²) in [5, 5.41) is 3.69. The lowest BCUT2D eigenvalue weighted by Crippen LogP contribution is -2.11. The second-order valence-corrected chi connectivity index (χ2v) is 5.29. The van der Waals surface area contributed by atoms with E-state index in [0.717, 1.165) is 17.7 Å². The van der Waals surface area contributed by atoms with E-state index >= 15 is 0 Å². The smallest absolute Gasteiger partial charge is 0.378 e. The van der Waals surface area contributed by atoms with E-state index in [9.17, 15) is 13.2 Å². The Hall–Kier alpha value is -1.94. The normalized spacial score (nSPS) is 12.7. The molecule has 1 N–H and O–H groups in total. The molecule has 0 aromatic heterocycles. The SMILES string of the molecule is C=CCC(Nc1cccc(C(F)(F)F)c1)c1cccc(Cl)c1. The first-order valence-corrected chi connectivity index (χ1v) is 7.08. The van der Waals surface area contributed by atoms with Crippen molar-refractivity contribution in [2.24, 2.45) is 0 Å². The van der Waals surface area contributed by atoms with E-state index in [1.165, 1.54) is 6.07 Å². The number of hydrogen-bond donors (Lipinski definition) is 1. The fraction of sp³-hybridized carbons (Fsp3) is 0.176. The predicted octanol–water partition coefficient (Wildman–Crippen LogP) is 6.09. The molecule has 0 spiro atoms. The summed E-state index contributed by atoms with van der Waals surface area (Å²) in [6, 6.07) is 12.2. The molecule has 1 nitrogen and oxygen atoms in total. The molecule has 1 unspecified atom stereocenters. The maximum atomic E-state index is 12.8. The third kappa shape index (κ3) is 4.28. The van der Waals surface area contributed by atoms with E-state index in [-0.39, 0.29) is 6.04 Å². The molecule has 0 radical (unpaired) electrons. The van der Waals surface area contributed by atoms with E-state index in [1.54, 1.807) is 24.3 Å². The van der Waals surface area contributed by atoms with Gasteiger partial charge in [-0.2, -0.15) is 13.2 Å². The summed E-state index contributed by atoms with van der Waals surface area (Å²) in [6.07, 6.45) is -2.08. The zero-order valence-corrected chi connectivity index (χ0v) is 12.5. The van der Waals surface area contributed by atoms with Gasteiger partial charge in [0.1, 0.15) is 0 Å². The molecule has 0 heterocycles. The Morgan fingerprint density at radius 3 is 2.50 bits per heavy atom. The van der Waals surface area contributed by atoms with Crippen molar-refractivity contribution in [3.8, 4) is 0 Å². The molecule has 0 aliphatic rings. The number of alkyl halides is 3. The van der Waals surface area contributed by atoms with Gasteiger partial charge in [0.25, 0.3) is 0 Å². The molecule has 5 heteroatoms. The number of halogens is 4. The highest BCUT2D eigenvalue weighted by atomic mass is 35.5. The van der Waals surface area contributed by atoms with Gasteiger partial charge in [-0.25, -0.2) is 0 Å². The van der Waals surface area contributed by atoms with Gasteiger partial charge in [-0.05, 0) is 42.3 Å². The van der Waals surface area contributed by atoms with Crippen LogP contribution < -0.4 is 5.32 Å². The van der Waals surface area contributed by atoms with Crippen molar-refractivity contribution >= 4 is 17.3 Å². The van der Waals surface area contributed by atoms with E-state index < -0.39 is 11.7 Å². The van der Waals surface area contributed by atoms with Crippen LogP contribution in [0.1, 0.15) is 23.6 Å². The lowest BCUT2D eigenvalue weighted by molar-refractivity contribution is -0.137. The van der Waals surface area contributed by atoms with E-state index in [4.69, 9.17) is 11.6 Å². The van der Waals surface area contributed by atoms with Crippen LogP contribution in [0.4, 0.5) is 18.9 Å². The molecular formula is C17H15ClF3N. The highest BCUT2D eigenvalue weighted by Crippen LogP contribution is 2.32. The number of nitrogens with one attached hydrogen (secondary N) is 1. The zero-order chi connectivity index (χ0) is 16.2. The minimum absolute atomic E-state index is 0.195. The summed E-state index contributed by atoms with van der Waals surface area (Å²) in [5.41, 5.74) is 0.618. The van der Waals surface area contributed by atoms with Crippen molar-refractivity contribution in [3.05, 3.63) is 77.3 Å². The quantitative estimate of drug-likeness (QED) is 0.656. The van der Waals surface area contributed by atoms with Crippen LogP contribution in [0.2, 0.25) is 5.02 Å². The van der Waals surface area contributed by atoms with Gasteiger partial charge >= 0.3 is 6.18 Å². The summed E-state index contributed by atoms with van der Waals surface area (Å²) in [6.45, 7) is 3.69. The monoisotopic (exact) mass is 325 g/mol. The van der Waals surface area contributed by atoms with Gasteiger partial charge in [0, 0.05) is 10.7 Å². The molecule has 0 saturated heterocycles. The van der Waals surface area contributed by atoms with Gasteiger partial charge in [-0.15, -0.1) is 6.58 Å². The van der Waals surface area contributed by atoms with Crippen molar-refractivity contribution in [2.45, 2.75) is 18.6 Å². The molecule has 0 bridgehead atoms. The minimum Gasteiger partial charge on any atom is -0.378 e. The fourth-order valence-electron chi connectivity index (χ4n) is 2.15. The molecule has 0 amide bonds. The van der Waals surface area contributed by atoms with Crippen LogP contribution in [0.5, 0.6) is 0 Å². The molecule has 0 aliphatic heterocycles. The van der Waals surface area contributed by atoms with Crippen LogP contribution in [-0.4, -0.2) is 0 Å². The Morgan fingerprint density at radius 1 is 1.14 bits per heavy atom. The molecule has 116 valence electrons. The Morgan fingerprint density at radius 2 is 1.86 bits per heavy atom. The summed E-state index contributed by atoms with van der Waals surface area (Å²) < 4.78 is 38.3. The zero-order valence-electron chi connectivity index (χ0n) is 11.7. The van der Waals surface area contributed by atoms with E-state index in [1.807, 2.05) is 12.1 Å². The highest BCUT2D eigenvalue weighted by molar-refractivity contribution is 6.30. The molecule has 0 saturated carbocycles. The number of benzene rings is 2. The summed E-state index contributed by atoms with van der Waals surface area (Å²) >= 11 is 5.97. The maximum Gasteiger partial charge on any atom is 0.416 e. The first-order valence-electron chi connectivity index (χ1n) is 6.70. The lowest BCUT2D eigenvalue weighted by Gasteiger charge is -2.20. The molecule has 22 heavy (non-hydrogen) atoms. The van der Waals surface area contributed by atoms with Gasteiger partial charge in [-0.1, -0.05) is 35.9 Å². The molecular weight excluding hydrogens is 311 g/mol. The number of hydrogen-bond acceptors (Lipinski definition) is 1. The first-order chi connectivity index (χ1) is 10.4. The lowest BCUT2D eigenvalue weighted by atomic mass is 10.0. The second kappa shape index (κ2) is 6.88. The molecule has 2 aromatic carbocycles. The van der Waals surface area contributed by atoms with Gasteiger partial charge < -0.3 is 5.32 Å². The molecule has 0 fully saturated rings. The minimum atomic E-state index is -4.36. The summed E-state index contributed by atoms with van der Waals surface area (Å²) in [4.78, 5) is 0. The Balaban J connectivity index is 2.27. The number of rotatable bonds is 5. The van der Waals surface area contributed by atoms with Crippen molar-refractivity contribution in [1.29, 1.82) is 0 Å². The Labute approximate surface area is 132 Å². The summed E-state index contributed by atoms with van der Waals surface area (Å²) in [5.74, 6) is 0. The van der Waals surface area contributed by atoms with Gasteiger partial charge in [-0.3, -0.25) is 0 Å².